The molecule has 1 unspecified atom stereocenters. The number of hydrogen-bond donors (Lipinski definition) is 1. The van der Waals surface area contributed by atoms with Crippen LogP contribution >= 0.6 is 23.2 Å². The zero-order valence-corrected chi connectivity index (χ0v) is 21.4. The Hall–Kier alpha value is -2.61. The zero-order valence-electron chi connectivity index (χ0n) is 19.9. The molecule has 1 aliphatic heterocycles. The second-order valence-corrected chi connectivity index (χ2v) is 9.77. The molecule has 1 aromatic carbocycles. The maximum Gasteiger partial charge on any atom is 0.317 e. The van der Waals surface area contributed by atoms with Gasteiger partial charge in [0.2, 0.25) is 0 Å². The number of rotatable bonds is 5. The number of carbonyl (C=O) groups excluding carboxylic acids is 1. The number of aryl methyl sites for hydroxylation is 1. The molecule has 2 aromatic heterocycles. The van der Waals surface area contributed by atoms with Crippen molar-refractivity contribution in [1.82, 2.24) is 29.9 Å². The first-order valence-electron chi connectivity index (χ1n) is 11.4. The molecule has 0 spiro atoms. The maximum atomic E-state index is 12.9. The van der Waals surface area contributed by atoms with Crippen LogP contribution in [0.4, 0.5) is 4.79 Å². The lowest BCUT2D eigenvalue weighted by atomic mass is 10.00. The van der Waals surface area contributed by atoms with Gasteiger partial charge < -0.3 is 15.1 Å². The minimum atomic E-state index is -0.292. The van der Waals surface area contributed by atoms with E-state index in [4.69, 9.17) is 23.2 Å². The van der Waals surface area contributed by atoms with Crippen molar-refractivity contribution in [3.8, 4) is 22.3 Å². The molecule has 1 fully saturated rings. The van der Waals surface area contributed by atoms with E-state index in [0.29, 0.717) is 10.0 Å². The van der Waals surface area contributed by atoms with Gasteiger partial charge in [-0.1, -0.05) is 35.3 Å². The second-order valence-electron chi connectivity index (χ2n) is 9.01. The third-order valence-corrected chi connectivity index (χ3v) is 7.46. The summed E-state index contributed by atoms with van der Waals surface area (Å²) in [5, 5.41) is 8.17. The van der Waals surface area contributed by atoms with Gasteiger partial charge in [0, 0.05) is 61.0 Å². The number of nitrogens with one attached hydrogen (secondary N) is 1. The van der Waals surface area contributed by atoms with Crippen LogP contribution in [0.15, 0.2) is 43.0 Å². The SMILES string of the molecule is CC(NC(=O)N(C)C1CCN(C)CC1)c1ccc(-c2cncc(-c3cnn(C)c3)c2)c(Cl)c1Cl. The molecule has 3 heterocycles. The Morgan fingerprint density at radius 2 is 1.79 bits per heavy atom. The third kappa shape index (κ3) is 5.22. The second kappa shape index (κ2) is 10.3. The van der Waals surface area contributed by atoms with Crippen molar-refractivity contribution in [3.05, 3.63) is 58.6 Å². The zero-order chi connectivity index (χ0) is 24.4. The summed E-state index contributed by atoms with van der Waals surface area (Å²) in [6.07, 6.45) is 9.24. The molecule has 0 aliphatic carbocycles. The summed E-state index contributed by atoms with van der Waals surface area (Å²) < 4.78 is 1.75. The monoisotopic (exact) mass is 500 g/mol. The van der Waals surface area contributed by atoms with Crippen LogP contribution in [0.3, 0.4) is 0 Å². The first-order valence-corrected chi connectivity index (χ1v) is 12.1. The van der Waals surface area contributed by atoms with Gasteiger partial charge in [-0.25, -0.2) is 4.79 Å². The molecule has 4 rings (SSSR count). The summed E-state index contributed by atoms with van der Waals surface area (Å²) in [6.45, 7) is 3.91. The van der Waals surface area contributed by atoms with E-state index < -0.39 is 0 Å². The quantitative estimate of drug-likeness (QED) is 0.519. The fraction of sp³-hybridized carbons (Fsp3) is 0.400. The minimum absolute atomic E-state index is 0.105. The van der Waals surface area contributed by atoms with Gasteiger partial charge in [-0.15, -0.1) is 0 Å². The highest BCUT2D eigenvalue weighted by Gasteiger charge is 2.26. The number of benzene rings is 1. The highest BCUT2D eigenvalue weighted by molar-refractivity contribution is 6.44. The number of hydrogen-bond acceptors (Lipinski definition) is 4. The topological polar surface area (TPSA) is 66.3 Å². The molecule has 0 saturated carbocycles. The number of urea groups is 1. The van der Waals surface area contributed by atoms with Crippen LogP contribution < -0.4 is 5.32 Å². The predicted octanol–water partition coefficient (Wildman–Crippen LogP) is 5.25. The first-order chi connectivity index (χ1) is 16.2. The third-order valence-electron chi connectivity index (χ3n) is 6.56. The Balaban J connectivity index is 1.51. The fourth-order valence-electron chi connectivity index (χ4n) is 4.35. The van der Waals surface area contributed by atoms with Crippen LogP contribution in [-0.2, 0) is 7.05 Å². The van der Waals surface area contributed by atoms with Gasteiger partial charge in [0.05, 0.1) is 22.3 Å². The minimum Gasteiger partial charge on any atom is -0.331 e. The van der Waals surface area contributed by atoms with E-state index in [1.165, 1.54) is 0 Å². The van der Waals surface area contributed by atoms with Crippen LogP contribution in [0.5, 0.6) is 0 Å². The highest BCUT2D eigenvalue weighted by Crippen LogP contribution is 2.38. The van der Waals surface area contributed by atoms with E-state index in [9.17, 15) is 4.79 Å². The van der Waals surface area contributed by atoms with Crippen LogP contribution in [0, 0.1) is 0 Å². The molecule has 3 aromatic rings. The van der Waals surface area contributed by atoms with Crippen molar-refractivity contribution in [2.45, 2.75) is 31.8 Å². The molecule has 180 valence electrons. The van der Waals surface area contributed by atoms with Gasteiger partial charge in [-0.05, 0) is 51.5 Å². The summed E-state index contributed by atoms with van der Waals surface area (Å²) in [5.74, 6) is 0. The van der Waals surface area contributed by atoms with E-state index in [2.05, 4.69) is 27.3 Å². The smallest absolute Gasteiger partial charge is 0.317 e. The molecule has 7 nitrogen and oxygen atoms in total. The lowest BCUT2D eigenvalue weighted by molar-refractivity contribution is 0.146. The summed E-state index contributed by atoms with van der Waals surface area (Å²) in [4.78, 5) is 21.4. The van der Waals surface area contributed by atoms with Crippen molar-refractivity contribution in [2.75, 3.05) is 27.2 Å². The number of amides is 2. The number of piperidine rings is 1. The number of likely N-dealkylation sites (tertiary alicyclic amines) is 1. The van der Waals surface area contributed by atoms with Crippen molar-refractivity contribution >= 4 is 29.2 Å². The van der Waals surface area contributed by atoms with Gasteiger partial charge >= 0.3 is 6.03 Å². The largest absolute Gasteiger partial charge is 0.331 e. The number of nitrogens with zero attached hydrogens (tertiary/aromatic N) is 5. The fourth-order valence-corrected chi connectivity index (χ4v) is 4.96. The Labute approximate surface area is 210 Å². The van der Waals surface area contributed by atoms with Crippen molar-refractivity contribution in [2.24, 2.45) is 7.05 Å². The number of carbonyl (C=O) groups is 1. The Morgan fingerprint density at radius 3 is 2.47 bits per heavy atom. The molecule has 1 saturated heterocycles. The molecule has 0 bridgehead atoms. The highest BCUT2D eigenvalue weighted by atomic mass is 35.5. The van der Waals surface area contributed by atoms with Gasteiger partial charge in [0.1, 0.15) is 0 Å². The first kappa shape index (κ1) is 24.5. The number of pyridine rings is 1. The van der Waals surface area contributed by atoms with Gasteiger partial charge in [0.15, 0.2) is 0 Å². The van der Waals surface area contributed by atoms with Crippen LogP contribution in [-0.4, -0.2) is 63.8 Å². The van der Waals surface area contributed by atoms with Crippen molar-refractivity contribution in [3.63, 3.8) is 0 Å². The molecule has 1 aliphatic rings. The summed E-state index contributed by atoms with van der Waals surface area (Å²) >= 11 is 13.4. The van der Waals surface area contributed by atoms with Gasteiger partial charge in [0.25, 0.3) is 0 Å². The molecular formula is C25H30Cl2N6O. The van der Waals surface area contributed by atoms with Crippen LogP contribution in [0.25, 0.3) is 22.3 Å². The predicted molar refractivity (Wildman–Crippen MR) is 137 cm³/mol. The lowest BCUT2D eigenvalue weighted by Crippen LogP contribution is -2.48. The van der Waals surface area contributed by atoms with Crippen molar-refractivity contribution < 1.29 is 4.79 Å². The molecular weight excluding hydrogens is 471 g/mol. The average Bonchev–Trinajstić information content (AvgIpc) is 3.27. The molecule has 9 heteroatoms. The average molecular weight is 501 g/mol. The van der Waals surface area contributed by atoms with E-state index in [1.54, 1.807) is 23.3 Å². The normalized spacial score (nSPS) is 15.8. The Kier molecular flexibility index (Phi) is 7.45. The molecule has 1 N–H and O–H groups in total. The lowest BCUT2D eigenvalue weighted by Gasteiger charge is -2.35. The molecule has 0 radical (unpaired) electrons. The van der Waals surface area contributed by atoms with Crippen LogP contribution in [0.2, 0.25) is 10.0 Å². The van der Waals surface area contributed by atoms with Gasteiger partial charge in [-0.3, -0.25) is 9.67 Å². The maximum absolute atomic E-state index is 12.9. The van der Waals surface area contributed by atoms with E-state index >= 15 is 0 Å². The van der Waals surface area contributed by atoms with Gasteiger partial charge in [-0.2, -0.15) is 5.10 Å². The summed E-state index contributed by atoms with van der Waals surface area (Å²) in [7, 11) is 5.85. The summed E-state index contributed by atoms with van der Waals surface area (Å²) in [6, 6.07) is 5.71. The standard InChI is InChI=1S/C25H30Cl2N6O/c1-16(30-25(34)33(4)20-7-9-31(2)10-8-20)21-5-6-22(24(27)23(21)26)18-11-17(12-28-13-18)19-14-29-32(3)15-19/h5-6,11-16,20H,7-10H2,1-4H3,(H,30,34). The molecule has 34 heavy (non-hydrogen) atoms. The number of halogens is 2. The Bertz CT molecular complexity index is 1170. The summed E-state index contributed by atoms with van der Waals surface area (Å²) in [5.41, 5.74) is 4.34. The van der Waals surface area contributed by atoms with Crippen molar-refractivity contribution in [1.29, 1.82) is 0 Å². The molecule has 2 amide bonds. The van der Waals surface area contributed by atoms with Crippen LogP contribution in [0.1, 0.15) is 31.4 Å². The van der Waals surface area contributed by atoms with E-state index in [0.717, 1.165) is 53.7 Å². The van der Waals surface area contributed by atoms with E-state index in [1.807, 2.05) is 50.3 Å². The Morgan fingerprint density at radius 1 is 1.09 bits per heavy atom. The molecule has 1 atom stereocenters. The van der Waals surface area contributed by atoms with E-state index in [-0.39, 0.29) is 18.1 Å². The number of aromatic nitrogens is 3.